The van der Waals surface area contributed by atoms with E-state index in [0.29, 0.717) is 5.75 Å². The highest BCUT2D eigenvalue weighted by Crippen LogP contribution is 2.18. The van der Waals surface area contributed by atoms with Crippen LogP contribution in [0, 0.1) is 11.8 Å². The molecule has 16 heavy (non-hydrogen) atoms. The van der Waals surface area contributed by atoms with E-state index in [1.807, 2.05) is 38.1 Å². The molecule has 88 valence electrons. The van der Waals surface area contributed by atoms with Crippen molar-refractivity contribution in [2.45, 2.75) is 13.8 Å². The van der Waals surface area contributed by atoms with Gasteiger partial charge in [-0.25, -0.2) is 0 Å². The fourth-order valence-corrected chi connectivity index (χ4v) is 1.53. The van der Waals surface area contributed by atoms with Gasteiger partial charge in [-0.15, -0.1) is 0 Å². The monoisotopic (exact) mass is 286 g/mol. The fourth-order valence-electron chi connectivity index (χ4n) is 1.27. The lowest BCUT2D eigenvalue weighted by molar-refractivity contribution is -0.144. The molecule has 0 aliphatic heterocycles. The summed E-state index contributed by atoms with van der Waals surface area (Å²) in [6.07, 6.45) is 0. The number of hydrogen-bond donors (Lipinski definition) is 1. The molecule has 0 heterocycles. The lowest BCUT2D eigenvalue weighted by Crippen LogP contribution is -2.26. The minimum atomic E-state index is -0.813. The molecule has 1 unspecified atom stereocenters. The Morgan fingerprint density at radius 1 is 1.38 bits per heavy atom. The highest BCUT2D eigenvalue weighted by molar-refractivity contribution is 9.10. The SMILES string of the molecule is CC(C)C(COc1ccc(Br)cc1)C(=O)O. The number of carbonyl (C=O) groups is 1. The Balaban J connectivity index is 2.55. The Labute approximate surface area is 104 Å². The third-order valence-corrected chi connectivity index (χ3v) is 2.89. The molecule has 0 radical (unpaired) electrons. The second-order valence-corrected chi connectivity index (χ2v) is 4.87. The Bertz CT molecular complexity index is 346. The first kappa shape index (κ1) is 13.0. The molecule has 1 aromatic carbocycles. The van der Waals surface area contributed by atoms with Crippen molar-refractivity contribution in [3.63, 3.8) is 0 Å². The van der Waals surface area contributed by atoms with Crippen LogP contribution in [0.25, 0.3) is 0 Å². The van der Waals surface area contributed by atoms with Gasteiger partial charge < -0.3 is 9.84 Å². The van der Waals surface area contributed by atoms with Gasteiger partial charge in [0, 0.05) is 4.47 Å². The molecule has 1 aromatic rings. The van der Waals surface area contributed by atoms with Gasteiger partial charge >= 0.3 is 5.97 Å². The first-order chi connectivity index (χ1) is 7.50. The topological polar surface area (TPSA) is 46.5 Å². The van der Waals surface area contributed by atoms with Crippen LogP contribution in [0.1, 0.15) is 13.8 Å². The highest BCUT2D eigenvalue weighted by Gasteiger charge is 2.22. The van der Waals surface area contributed by atoms with Gasteiger partial charge in [-0.05, 0) is 30.2 Å². The predicted molar refractivity (Wildman–Crippen MR) is 65.6 cm³/mol. The van der Waals surface area contributed by atoms with E-state index in [-0.39, 0.29) is 12.5 Å². The van der Waals surface area contributed by atoms with Crippen molar-refractivity contribution in [2.24, 2.45) is 11.8 Å². The molecule has 0 amide bonds. The number of halogens is 1. The fraction of sp³-hybridized carbons (Fsp3) is 0.417. The van der Waals surface area contributed by atoms with Gasteiger partial charge in [-0.1, -0.05) is 29.8 Å². The zero-order valence-electron chi connectivity index (χ0n) is 9.31. The average molecular weight is 287 g/mol. The largest absolute Gasteiger partial charge is 0.493 e. The molecule has 0 aliphatic carbocycles. The maximum Gasteiger partial charge on any atom is 0.310 e. The van der Waals surface area contributed by atoms with E-state index in [4.69, 9.17) is 9.84 Å². The average Bonchev–Trinajstić information content (AvgIpc) is 2.20. The molecule has 0 fully saturated rings. The maximum atomic E-state index is 10.9. The first-order valence-electron chi connectivity index (χ1n) is 5.12. The molecule has 1 N–H and O–H groups in total. The quantitative estimate of drug-likeness (QED) is 0.904. The molecule has 4 heteroatoms. The van der Waals surface area contributed by atoms with Crippen LogP contribution < -0.4 is 4.74 Å². The van der Waals surface area contributed by atoms with Crippen molar-refractivity contribution in [1.29, 1.82) is 0 Å². The minimum Gasteiger partial charge on any atom is -0.493 e. The van der Waals surface area contributed by atoms with E-state index >= 15 is 0 Å². The summed E-state index contributed by atoms with van der Waals surface area (Å²) in [7, 11) is 0. The Morgan fingerprint density at radius 2 is 1.94 bits per heavy atom. The minimum absolute atomic E-state index is 0.0629. The predicted octanol–water partition coefficient (Wildman–Crippen LogP) is 3.18. The van der Waals surface area contributed by atoms with Crippen molar-refractivity contribution in [1.82, 2.24) is 0 Å². The van der Waals surface area contributed by atoms with Crippen LogP contribution in [0.3, 0.4) is 0 Å². The van der Waals surface area contributed by atoms with Gasteiger partial charge in [0.15, 0.2) is 0 Å². The molecule has 1 rings (SSSR count). The summed E-state index contributed by atoms with van der Waals surface area (Å²) in [5, 5.41) is 8.98. The van der Waals surface area contributed by atoms with E-state index in [0.717, 1.165) is 4.47 Å². The number of carboxylic acids is 1. The molecule has 0 saturated carbocycles. The summed E-state index contributed by atoms with van der Waals surface area (Å²) < 4.78 is 6.41. The first-order valence-corrected chi connectivity index (χ1v) is 5.91. The summed E-state index contributed by atoms with van der Waals surface area (Å²) in [4.78, 5) is 10.9. The van der Waals surface area contributed by atoms with Crippen molar-refractivity contribution in [2.75, 3.05) is 6.61 Å². The number of ether oxygens (including phenoxy) is 1. The number of hydrogen-bond acceptors (Lipinski definition) is 2. The molecule has 0 spiro atoms. The van der Waals surface area contributed by atoms with Crippen LogP contribution in [0.4, 0.5) is 0 Å². The third kappa shape index (κ3) is 3.85. The summed E-state index contributed by atoms with van der Waals surface area (Å²) in [6, 6.07) is 7.34. The van der Waals surface area contributed by atoms with Crippen LogP contribution in [0.2, 0.25) is 0 Å². The normalized spacial score (nSPS) is 12.5. The van der Waals surface area contributed by atoms with Gasteiger partial charge in [-0.3, -0.25) is 4.79 Å². The summed E-state index contributed by atoms with van der Waals surface area (Å²) in [5.74, 6) is -0.529. The van der Waals surface area contributed by atoms with Crippen LogP contribution >= 0.6 is 15.9 Å². The van der Waals surface area contributed by atoms with Crippen molar-refractivity contribution in [3.05, 3.63) is 28.7 Å². The van der Waals surface area contributed by atoms with Gasteiger partial charge in [0.05, 0.1) is 5.92 Å². The molecule has 0 bridgehead atoms. The lowest BCUT2D eigenvalue weighted by Gasteiger charge is -2.16. The van der Waals surface area contributed by atoms with E-state index in [2.05, 4.69) is 15.9 Å². The summed E-state index contributed by atoms with van der Waals surface area (Å²) in [5.41, 5.74) is 0. The lowest BCUT2D eigenvalue weighted by atomic mass is 9.97. The molecular weight excluding hydrogens is 272 g/mol. The second kappa shape index (κ2) is 5.89. The second-order valence-electron chi connectivity index (χ2n) is 3.95. The zero-order chi connectivity index (χ0) is 12.1. The highest BCUT2D eigenvalue weighted by atomic mass is 79.9. The van der Waals surface area contributed by atoms with Crippen LogP contribution in [-0.4, -0.2) is 17.7 Å². The molecule has 1 atom stereocenters. The van der Waals surface area contributed by atoms with E-state index in [1.54, 1.807) is 0 Å². The maximum absolute atomic E-state index is 10.9. The molecule has 0 saturated heterocycles. The van der Waals surface area contributed by atoms with Crippen LogP contribution in [-0.2, 0) is 4.79 Å². The van der Waals surface area contributed by atoms with Crippen LogP contribution in [0.15, 0.2) is 28.7 Å². The molecule has 0 aromatic heterocycles. The summed E-state index contributed by atoms with van der Waals surface area (Å²) in [6.45, 7) is 3.96. The standard InChI is InChI=1S/C12H15BrO3/c1-8(2)11(12(14)15)7-16-10-5-3-9(13)4-6-10/h3-6,8,11H,7H2,1-2H3,(H,14,15). The molecule has 3 nitrogen and oxygen atoms in total. The number of benzene rings is 1. The smallest absolute Gasteiger partial charge is 0.310 e. The Hall–Kier alpha value is -1.03. The van der Waals surface area contributed by atoms with Crippen molar-refractivity contribution >= 4 is 21.9 Å². The Kier molecular flexibility index (Phi) is 4.80. The molecular formula is C12H15BrO3. The molecule has 0 aliphatic rings. The number of carboxylic acid groups (broad SMARTS) is 1. The number of aliphatic carboxylic acids is 1. The third-order valence-electron chi connectivity index (χ3n) is 2.37. The van der Waals surface area contributed by atoms with Gasteiger partial charge in [0.25, 0.3) is 0 Å². The van der Waals surface area contributed by atoms with E-state index < -0.39 is 11.9 Å². The van der Waals surface area contributed by atoms with Gasteiger partial charge in [-0.2, -0.15) is 0 Å². The van der Waals surface area contributed by atoms with Crippen molar-refractivity contribution < 1.29 is 14.6 Å². The van der Waals surface area contributed by atoms with E-state index in [1.165, 1.54) is 0 Å². The van der Waals surface area contributed by atoms with E-state index in [9.17, 15) is 4.79 Å². The Morgan fingerprint density at radius 3 is 2.38 bits per heavy atom. The number of rotatable bonds is 5. The summed E-state index contributed by atoms with van der Waals surface area (Å²) >= 11 is 3.32. The van der Waals surface area contributed by atoms with Gasteiger partial charge in [0.2, 0.25) is 0 Å². The van der Waals surface area contributed by atoms with Crippen molar-refractivity contribution in [3.8, 4) is 5.75 Å². The van der Waals surface area contributed by atoms with Crippen LogP contribution in [0.5, 0.6) is 5.75 Å². The van der Waals surface area contributed by atoms with Gasteiger partial charge in [0.1, 0.15) is 12.4 Å². The zero-order valence-corrected chi connectivity index (χ0v) is 10.9.